The lowest BCUT2D eigenvalue weighted by atomic mass is 9.75. The second-order valence-corrected chi connectivity index (χ2v) is 6.85. The molecular formula is C17H26ClNO. The lowest BCUT2D eigenvalue weighted by molar-refractivity contribution is 0.196. The fourth-order valence-corrected chi connectivity index (χ4v) is 3.79. The fourth-order valence-electron chi connectivity index (χ4n) is 3.61. The van der Waals surface area contributed by atoms with Crippen LogP contribution in [0.3, 0.4) is 0 Å². The van der Waals surface area contributed by atoms with E-state index in [4.69, 9.17) is 16.3 Å². The van der Waals surface area contributed by atoms with Crippen LogP contribution in [0.15, 0.2) is 18.2 Å². The molecule has 112 valence electrons. The maximum atomic E-state index is 6.21. The molecule has 1 aliphatic rings. The van der Waals surface area contributed by atoms with Crippen molar-refractivity contribution in [3.05, 3.63) is 28.8 Å². The smallest absolute Gasteiger partial charge is 0.123 e. The summed E-state index contributed by atoms with van der Waals surface area (Å²) in [6.07, 6.45) is 3.87. The van der Waals surface area contributed by atoms with Gasteiger partial charge in [0.1, 0.15) is 5.75 Å². The van der Waals surface area contributed by atoms with Gasteiger partial charge >= 0.3 is 0 Å². The average molecular weight is 296 g/mol. The third kappa shape index (κ3) is 3.12. The molecule has 0 bridgehead atoms. The minimum absolute atomic E-state index is 0.311. The summed E-state index contributed by atoms with van der Waals surface area (Å²) >= 11 is 6.21. The lowest BCUT2D eigenvalue weighted by Gasteiger charge is -2.35. The van der Waals surface area contributed by atoms with Gasteiger partial charge in [0.15, 0.2) is 0 Å². The lowest BCUT2D eigenvalue weighted by Crippen LogP contribution is -2.34. The largest absolute Gasteiger partial charge is 0.496 e. The molecule has 1 aromatic carbocycles. The van der Waals surface area contributed by atoms with E-state index >= 15 is 0 Å². The van der Waals surface area contributed by atoms with Gasteiger partial charge in [0.2, 0.25) is 0 Å². The summed E-state index contributed by atoms with van der Waals surface area (Å²) in [6, 6.07) is 6.24. The van der Waals surface area contributed by atoms with Crippen molar-refractivity contribution in [2.45, 2.75) is 46.1 Å². The number of benzene rings is 1. The number of ether oxygens (including phenoxy) is 1. The molecule has 1 aromatic rings. The Morgan fingerprint density at radius 1 is 1.45 bits per heavy atom. The van der Waals surface area contributed by atoms with Gasteiger partial charge in [-0.25, -0.2) is 0 Å². The van der Waals surface area contributed by atoms with E-state index in [0.29, 0.717) is 17.4 Å². The van der Waals surface area contributed by atoms with Gasteiger partial charge in [-0.05, 0) is 48.9 Å². The van der Waals surface area contributed by atoms with E-state index in [9.17, 15) is 0 Å². The van der Waals surface area contributed by atoms with Gasteiger partial charge in [0, 0.05) is 16.6 Å². The van der Waals surface area contributed by atoms with Crippen LogP contribution in [-0.4, -0.2) is 13.7 Å². The van der Waals surface area contributed by atoms with Crippen molar-refractivity contribution in [1.29, 1.82) is 0 Å². The Kier molecular flexibility index (Phi) is 4.98. The van der Waals surface area contributed by atoms with E-state index < -0.39 is 0 Å². The molecule has 0 aromatic heterocycles. The predicted molar refractivity (Wildman–Crippen MR) is 85.5 cm³/mol. The standard InChI is InChI=1S/C17H26ClNO/c1-5-19-16(14-7-6-10-17(14,2)3)13-11-12(18)8-9-15(13)20-4/h8-9,11,14,16,19H,5-7,10H2,1-4H3. The van der Waals surface area contributed by atoms with Crippen LogP contribution in [0.4, 0.5) is 0 Å². The monoisotopic (exact) mass is 295 g/mol. The second-order valence-electron chi connectivity index (χ2n) is 6.41. The number of methoxy groups -OCH3 is 1. The normalized spacial score (nSPS) is 22.8. The first-order valence-corrected chi connectivity index (χ1v) is 7.94. The Morgan fingerprint density at radius 3 is 2.75 bits per heavy atom. The molecule has 3 heteroatoms. The van der Waals surface area contributed by atoms with Crippen LogP contribution in [0.2, 0.25) is 5.02 Å². The predicted octanol–water partition coefficient (Wildman–Crippen LogP) is 4.83. The molecular weight excluding hydrogens is 270 g/mol. The maximum absolute atomic E-state index is 6.21. The van der Waals surface area contributed by atoms with E-state index in [1.165, 1.54) is 24.8 Å². The van der Waals surface area contributed by atoms with E-state index in [1.54, 1.807) is 7.11 Å². The van der Waals surface area contributed by atoms with Crippen molar-refractivity contribution >= 4 is 11.6 Å². The molecule has 0 aliphatic heterocycles. The molecule has 2 atom stereocenters. The van der Waals surface area contributed by atoms with Crippen molar-refractivity contribution in [2.75, 3.05) is 13.7 Å². The first kappa shape index (κ1) is 15.7. The first-order chi connectivity index (χ1) is 9.49. The maximum Gasteiger partial charge on any atom is 0.123 e. The van der Waals surface area contributed by atoms with Gasteiger partial charge in [-0.15, -0.1) is 0 Å². The van der Waals surface area contributed by atoms with Gasteiger partial charge in [0.05, 0.1) is 7.11 Å². The minimum Gasteiger partial charge on any atom is -0.496 e. The topological polar surface area (TPSA) is 21.3 Å². The van der Waals surface area contributed by atoms with Gasteiger partial charge < -0.3 is 10.1 Å². The molecule has 0 spiro atoms. The van der Waals surface area contributed by atoms with Crippen LogP contribution >= 0.6 is 11.6 Å². The summed E-state index contributed by atoms with van der Waals surface area (Å²) < 4.78 is 5.56. The highest BCUT2D eigenvalue weighted by atomic mass is 35.5. The molecule has 2 unspecified atom stereocenters. The van der Waals surface area contributed by atoms with E-state index in [2.05, 4.69) is 32.2 Å². The van der Waals surface area contributed by atoms with Gasteiger partial charge in [0.25, 0.3) is 0 Å². The van der Waals surface area contributed by atoms with Crippen molar-refractivity contribution in [3.63, 3.8) is 0 Å². The highest BCUT2D eigenvalue weighted by molar-refractivity contribution is 6.30. The molecule has 1 N–H and O–H groups in total. The zero-order valence-corrected chi connectivity index (χ0v) is 13.8. The van der Waals surface area contributed by atoms with Gasteiger partial charge in [-0.3, -0.25) is 0 Å². The third-order valence-electron chi connectivity index (χ3n) is 4.69. The summed E-state index contributed by atoms with van der Waals surface area (Å²) in [7, 11) is 1.73. The van der Waals surface area contributed by atoms with Crippen molar-refractivity contribution < 1.29 is 4.74 Å². The zero-order valence-electron chi connectivity index (χ0n) is 13.0. The van der Waals surface area contributed by atoms with Crippen molar-refractivity contribution in [2.24, 2.45) is 11.3 Å². The number of halogens is 1. The van der Waals surface area contributed by atoms with Crippen LogP contribution < -0.4 is 10.1 Å². The summed E-state index contributed by atoms with van der Waals surface area (Å²) in [5.41, 5.74) is 1.56. The summed E-state index contributed by atoms with van der Waals surface area (Å²) in [5.74, 6) is 1.55. The average Bonchev–Trinajstić information content (AvgIpc) is 2.75. The molecule has 0 heterocycles. The minimum atomic E-state index is 0.311. The second kappa shape index (κ2) is 6.36. The molecule has 2 nitrogen and oxygen atoms in total. The zero-order chi connectivity index (χ0) is 14.8. The van der Waals surface area contributed by atoms with Crippen LogP contribution in [0.5, 0.6) is 5.75 Å². The molecule has 1 aliphatic carbocycles. The van der Waals surface area contributed by atoms with Gasteiger partial charge in [-0.2, -0.15) is 0 Å². The van der Waals surface area contributed by atoms with Crippen molar-refractivity contribution in [1.82, 2.24) is 5.32 Å². The van der Waals surface area contributed by atoms with Gasteiger partial charge in [-0.1, -0.05) is 38.8 Å². The van der Waals surface area contributed by atoms with Crippen LogP contribution in [0, 0.1) is 11.3 Å². The Hall–Kier alpha value is -0.730. The van der Waals surface area contributed by atoms with Crippen LogP contribution in [0.1, 0.15) is 51.6 Å². The molecule has 1 saturated carbocycles. The number of nitrogens with one attached hydrogen (secondary N) is 1. The molecule has 0 amide bonds. The quantitative estimate of drug-likeness (QED) is 0.840. The molecule has 0 saturated heterocycles. The Balaban J connectivity index is 2.40. The van der Waals surface area contributed by atoms with Crippen molar-refractivity contribution in [3.8, 4) is 5.75 Å². The van der Waals surface area contributed by atoms with E-state index in [1.807, 2.05) is 12.1 Å². The molecule has 2 rings (SSSR count). The highest BCUT2D eigenvalue weighted by Gasteiger charge is 2.40. The first-order valence-electron chi connectivity index (χ1n) is 7.56. The molecule has 20 heavy (non-hydrogen) atoms. The number of hydrogen-bond acceptors (Lipinski definition) is 2. The Morgan fingerprint density at radius 2 is 2.20 bits per heavy atom. The summed E-state index contributed by atoms with van der Waals surface area (Å²) in [5, 5.41) is 4.44. The van der Waals surface area contributed by atoms with Crippen LogP contribution in [-0.2, 0) is 0 Å². The molecule has 1 fully saturated rings. The molecule has 0 radical (unpaired) electrons. The summed E-state index contributed by atoms with van der Waals surface area (Å²) in [6.45, 7) is 7.87. The van der Waals surface area contributed by atoms with Crippen LogP contribution in [0.25, 0.3) is 0 Å². The summed E-state index contributed by atoms with van der Waals surface area (Å²) in [4.78, 5) is 0. The third-order valence-corrected chi connectivity index (χ3v) is 4.93. The number of hydrogen-bond donors (Lipinski definition) is 1. The Bertz CT molecular complexity index is 458. The van der Waals surface area contributed by atoms with E-state index in [-0.39, 0.29) is 0 Å². The SMILES string of the molecule is CCNC(c1cc(Cl)ccc1OC)C1CCCC1(C)C. The fraction of sp³-hybridized carbons (Fsp3) is 0.647. The highest BCUT2D eigenvalue weighted by Crippen LogP contribution is 2.50. The number of rotatable bonds is 5. The van der Waals surface area contributed by atoms with E-state index in [0.717, 1.165) is 17.3 Å². The Labute approximate surface area is 127 Å².